The molecule has 1 N–H and O–H groups in total. The van der Waals surface area contributed by atoms with Crippen LogP contribution in [0.4, 0.5) is 5.69 Å². The highest BCUT2D eigenvalue weighted by Crippen LogP contribution is 2.32. The largest absolute Gasteiger partial charge is 0.497 e. The molecule has 0 aliphatic heterocycles. The van der Waals surface area contributed by atoms with Gasteiger partial charge in [0, 0.05) is 17.2 Å². The van der Waals surface area contributed by atoms with E-state index in [9.17, 15) is 4.79 Å². The zero-order valence-corrected chi connectivity index (χ0v) is 18.6. The molecule has 1 aromatic heterocycles. The minimum absolute atomic E-state index is 0.310. The lowest BCUT2D eigenvalue weighted by atomic mass is 10.1. The maximum Gasteiger partial charge on any atom is 0.256 e. The van der Waals surface area contributed by atoms with Crippen LogP contribution in [0.15, 0.2) is 77.3 Å². The number of aromatic nitrogens is 1. The second kappa shape index (κ2) is 9.91. The summed E-state index contributed by atoms with van der Waals surface area (Å²) in [4.78, 5) is 17.5. The Kier molecular flexibility index (Phi) is 6.59. The van der Waals surface area contributed by atoms with Crippen molar-refractivity contribution in [3.05, 3.63) is 78.5 Å². The van der Waals surface area contributed by atoms with Crippen molar-refractivity contribution in [2.24, 2.45) is 0 Å². The van der Waals surface area contributed by atoms with E-state index in [0.29, 0.717) is 46.6 Å². The molecule has 0 aliphatic carbocycles. The summed E-state index contributed by atoms with van der Waals surface area (Å²) in [5.74, 6) is 2.55. The number of rotatable bonds is 8. The molecule has 33 heavy (non-hydrogen) atoms. The third-order valence-electron chi connectivity index (χ3n) is 5.01. The number of ether oxygens (including phenoxy) is 3. The van der Waals surface area contributed by atoms with Crippen molar-refractivity contribution >= 4 is 11.6 Å². The van der Waals surface area contributed by atoms with Gasteiger partial charge in [0.25, 0.3) is 5.91 Å². The van der Waals surface area contributed by atoms with E-state index in [1.54, 1.807) is 49.7 Å². The number of carbonyl (C=O) groups excluding carboxylic acids is 1. The van der Waals surface area contributed by atoms with Gasteiger partial charge in [0.1, 0.15) is 17.2 Å². The van der Waals surface area contributed by atoms with Gasteiger partial charge < -0.3 is 23.9 Å². The van der Waals surface area contributed by atoms with Gasteiger partial charge >= 0.3 is 0 Å². The van der Waals surface area contributed by atoms with Crippen molar-refractivity contribution in [2.75, 3.05) is 26.1 Å². The predicted molar refractivity (Wildman–Crippen MR) is 126 cm³/mol. The van der Waals surface area contributed by atoms with Crippen molar-refractivity contribution in [2.45, 2.75) is 6.92 Å². The summed E-state index contributed by atoms with van der Waals surface area (Å²) in [6.45, 7) is 2.54. The van der Waals surface area contributed by atoms with E-state index < -0.39 is 0 Å². The normalized spacial score (nSPS) is 10.5. The van der Waals surface area contributed by atoms with E-state index in [-0.39, 0.29) is 5.91 Å². The highest BCUT2D eigenvalue weighted by molar-refractivity contribution is 6.08. The number of oxazole rings is 1. The van der Waals surface area contributed by atoms with Crippen LogP contribution in [0.2, 0.25) is 0 Å². The van der Waals surface area contributed by atoms with Crippen LogP contribution < -0.4 is 19.5 Å². The van der Waals surface area contributed by atoms with Crippen molar-refractivity contribution in [1.82, 2.24) is 4.98 Å². The minimum atomic E-state index is -0.310. The topological polar surface area (TPSA) is 82.8 Å². The molecule has 4 aromatic rings. The molecule has 168 valence electrons. The Morgan fingerprint density at radius 3 is 2.45 bits per heavy atom. The lowest BCUT2D eigenvalue weighted by Gasteiger charge is -2.12. The Balaban J connectivity index is 1.60. The average Bonchev–Trinajstić information content (AvgIpc) is 3.35. The Bertz CT molecular complexity index is 1250. The van der Waals surface area contributed by atoms with Gasteiger partial charge in [0.15, 0.2) is 5.76 Å². The number of carbonyl (C=O) groups is 1. The molecule has 4 rings (SSSR count). The third-order valence-corrected chi connectivity index (χ3v) is 5.01. The fourth-order valence-corrected chi connectivity index (χ4v) is 3.37. The second-order valence-electron chi connectivity index (χ2n) is 7.05. The first-order valence-corrected chi connectivity index (χ1v) is 10.4. The predicted octanol–water partition coefficient (Wildman–Crippen LogP) is 5.68. The van der Waals surface area contributed by atoms with Gasteiger partial charge in [-0.3, -0.25) is 4.79 Å². The summed E-state index contributed by atoms with van der Waals surface area (Å²) in [6.07, 6.45) is 1.65. The van der Waals surface area contributed by atoms with Crippen LogP contribution in [0.1, 0.15) is 17.3 Å². The lowest BCUT2D eigenvalue weighted by molar-refractivity contribution is 0.102. The summed E-state index contributed by atoms with van der Waals surface area (Å²) in [7, 11) is 3.11. The van der Waals surface area contributed by atoms with Gasteiger partial charge in [-0.2, -0.15) is 0 Å². The van der Waals surface area contributed by atoms with Crippen molar-refractivity contribution in [3.63, 3.8) is 0 Å². The molecule has 7 nitrogen and oxygen atoms in total. The number of hydrogen-bond acceptors (Lipinski definition) is 6. The molecule has 1 heterocycles. The SMILES string of the molecule is CCOc1ccc(-c2cnc(-c3ccccc3C(=O)Nc3ccc(OC)cc3OC)o2)cc1. The third kappa shape index (κ3) is 4.82. The van der Waals surface area contributed by atoms with Gasteiger partial charge in [-0.1, -0.05) is 12.1 Å². The first-order chi connectivity index (χ1) is 16.1. The number of methoxy groups -OCH3 is 2. The van der Waals surface area contributed by atoms with Gasteiger partial charge in [-0.15, -0.1) is 0 Å². The van der Waals surface area contributed by atoms with E-state index in [2.05, 4.69) is 10.3 Å². The Labute approximate surface area is 191 Å². The molecule has 0 fully saturated rings. The number of nitrogens with one attached hydrogen (secondary N) is 1. The van der Waals surface area contributed by atoms with E-state index in [4.69, 9.17) is 18.6 Å². The standard InChI is InChI=1S/C26H24N2O5/c1-4-32-18-11-9-17(10-12-18)24-16-27-26(33-24)21-8-6-5-7-20(21)25(29)28-22-14-13-19(30-2)15-23(22)31-3/h5-16H,4H2,1-3H3,(H,28,29). The molecular weight excluding hydrogens is 420 g/mol. The Morgan fingerprint density at radius 2 is 1.73 bits per heavy atom. The van der Waals surface area contributed by atoms with E-state index in [0.717, 1.165) is 11.3 Å². The lowest BCUT2D eigenvalue weighted by Crippen LogP contribution is -2.14. The number of amides is 1. The Morgan fingerprint density at radius 1 is 0.970 bits per heavy atom. The molecule has 0 atom stereocenters. The molecule has 0 saturated heterocycles. The monoisotopic (exact) mass is 444 g/mol. The molecular formula is C26H24N2O5. The highest BCUT2D eigenvalue weighted by atomic mass is 16.5. The van der Waals surface area contributed by atoms with Crippen LogP contribution in [0.5, 0.6) is 17.2 Å². The smallest absolute Gasteiger partial charge is 0.256 e. The van der Waals surface area contributed by atoms with Gasteiger partial charge in [0.05, 0.1) is 38.3 Å². The fourth-order valence-electron chi connectivity index (χ4n) is 3.37. The number of hydrogen-bond donors (Lipinski definition) is 1. The molecule has 0 saturated carbocycles. The molecule has 0 radical (unpaired) electrons. The summed E-state index contributed by atoms with van der Waals surface area (Å²) in [5.41, 5.74) is 2.40. The molecule has 1 amide bonds. The van der Waals surface area contributed by atoms with Crippen molar-refractivity contribution < 1.29 is 23.4 Å². The van der Waals surface area contributed by atoms with E-state index >= 15 is 0 Å². The zero-order chi connectivity index (χ0) is 23.2. The van der Waals surface area contributed by atoms with Gasteiger partial charge in [-0.25, -0.2) is 4.98 Å². The number of nitrogens with zero attached hydrogens (tertiary/aromatic N) is 1. The highest BCUT2D eigenvalue weighted by Gasteiger charge is 2.18. The maximum atomic E-state index is 13.1. The molecule has 0 unspecified atom stereocenters. The summed E-state index contributed by atoms with van der Waals surface area (Å²) >= 11 is 0. The summed E-state index contributed by atoms with van der Waals surface area (Å²) in [5, 5.41) is 2.89. The summed E-state index contributed by atoms with van der Waals surface area (Å²) in [6, 6.07) is 19.9. The second-order valence-corrected chi connectivity index (χ2v) is 7.05. The van der Waals surface area contributed by atoms with Crippen LogP contribution in [-0.2, 0) is 0 Å². The summed E-state index contributed by atoms with van der Waals surface area (Å²) < 4.78 is 22.1. The first-order valence-electron chi connectivity index (χ1n) is 10.4. The number of benzene rings is 3. The molecule has 0 spiro atoms. The van der Waals surface area contributed by atoms with Crippen LogP contribution in [0.25, 0.3) is 22.8 Å². The average molecular weight is 444 g/mol. The fraction of sp³-hybridized carbons (Fsp3) is 0.154. The van der Waals surface area contributed by atoms with Crippen LogP contribution in [0.3, 0.4) is 0 Å². The quantitative estimate of drug-likeness (QED) is 0.377. The van der Waals surface area contributed by atoms with Crippen molar-refractivity contribution in [3.8, 4) is 40.0 Å². The van der Waals surface area contributed by atoms with Gasteiger partial charge in [-0.05, 0) is 55.5 Å². The first kappa shape index (κ1) is 22.0. The zero-order valence-electron chi connectivity index (χ0n) is 18.6. The minimum Gasteiger partial charge on any atom is -0.497 e. The van der Waals surface area contributed by atoms with Crippen LogP contribution in [-0.4, -0.2) is 31.7 Å². The maximum absolute atomic E-state index is 13.1. The number of anilines is 1. The van der Waals surface area contributed by atoms with Crippen LogP contribution >= 0.6 is 0 Å². The van der Waals surface area contributed by atoms with E-state index in [1.165, 1.54) is 7.11 Å². The van der Waals surface area contributed by atoms with Crippen molar-refractivity contribution in [1.29, 1.82) is 0 Å². The molecule has 0 bridgehead atoms. The van der Waals surface area contributed by atoms with Gasteiger partial charge in [0.2, 0.25) is 5.89 Å². The molecule has 3 aromatic carbocycles. The van der Waals surface area contributed by atoms with Crippen LogP contribution in [0, 0.1) is 0 Å². The molecule has 0 aliphatic rings. The Hall–Kier alpha value is -4.26. The molecule has 7 heteroatoms. The van der Waals surface area contributed by atoms with E-state index in [1.807, 2.05) is 37.3 Å².